The van der Waals surface area contributed by atoms with E-state index < -0.39 is 0 Å². The van der Waals surface area contributed by atoms with Gasteiger partial charge in [0.25, 0.3) is 0 Å². The summed E-state index contributed by atoms with van der Waals surface area (Å²) in [6.07, 6.45) is 6.05. The summed E-state index contributed by atoms with van der Waals surface area (Å²) >= 11 is 6.09. The highest BCUT2D eigenvalue weighted by Crippen LogP contribution is 2.51. The van der Waals surface area contributed by atoms with Crippen molar-refractivity contribution < 1.29 is 4.52 Å². The van der Waals surface area contributed by atoms with Crippen LogP contribution in [0.3, 0.4) is 0 Å². The number of hydrogen-bond donors (Lipinski definition) is 0. The first-order chi connectivity index (χ1) is 11.7. The molecule has 0 amide bonds. The summed E-state index contributed by atoms with van der Waals surface area (Å²) in [5.41, 5.74) is 1.35. The molecule has 2 aliphatic heterocycles. The van der Waals surface area contributed by atoms with Crippen molar-refractivity contribution in [2.75, 3.05) is 7.05 Å². The van der Waals surface area contributed by atoms with Crippen molar-refractivity contribution >= 4 is 11.6 Å². The molecule has 2 aromatic rings. The van der Waals surface area contributed by atoms with Gasteiger partial charge in [0.05, 0.1) is 5.92 Å². The number of aromatic nitrogens is 2. The number of benzene rings is 1. The molecule has 2 unspecified atom stereocenters. The molecule has 5 rings (SSSR count). The summed E-state index contributed by atoms with van der Waals surface area (Å²) in [5.74, 6) is 3.02. The molecule has 1 saturated carbocycles. The quantitative estimate of drug-likeness (QED) is 0.831. The normalized spacial score (nSPS) is 33.1. The van der Waals surface area contributed by atoms with Crippen molar-refractivity contribution in [1.82, 2.24) is 15.0 Å². The highest BCUT2D eigenvalue weighted by atomic mass is 35.5. The SMILES string of the molecule is CN1C2CC[C@@H]1C[C@H](c1ccc(Cl)cc1)C2c1nc(C2CC2)no1. The van der Waals surface area contributed by atoms with Gasteiger partial charge in [-0.05, 0) is 62.8 Å². The van der Waals surface area contributed by atoms with Gasteiger partial charge in [0, 0.05) is 23.0 Å². The molecule has 4 atom stereocenters. The van der Waals surface area contributed by atoms with E-state index in [1.807, 2.05) is 12.1 Å². The number of halogens is 1. The third kappa shape index (κ3) is 2.39. The highest BCUT2D eigenvalue weighted by molar-refractivity contribution is 6.30. The van der Waals surface area contributed by atoms with Gasteiger partial charge in [-0.1, -0.05) is 28.9 Å². The first-order valence-electron chi connectivity index (χ1n) is 9.01. The molecule has 1 aromatic carbocycles. The van der Waals surface area contributed by atoms with Gasteiger partial charge < -0.3 is 4.52 Å². The first-order valence-corrected chi connectivity index (χ1v) is 9.39. The maximum absolute atomic E-state index is 6.09. The lowest BCUT2D eigenvalue weighted by atomic mass is 9.76. The van der Waals surface area contributed by atoms with Crippen LogP contribution in [0, 0.1) is 0 Å². The van der Waals surface area contributed by atoms with E-state index in [1.165, 1.54) is 31.2 Å². The minimum Gasteiger partial charge on any atom is -0.339 e. The number of rotatable bonds is 3. The summed E-state index contributed by atoms with van der Waals surface area (Å²) in [5, 5.41) is 5.07. The Kier molecular flexibility index (Phi) is 3.46. The molecule has 0 spiro atoms. The first kappa shape index (κ1) is 14.9. The van der Waals surface area contributed by atoms with E-state index in [0.717, 1.165) is 23.2 Å². The molecule has 24 heavy (non-hydrogen) atoms. The van der Waals surface area contributed by atoms with Crippen LogP contribution in [0.1, 0.15) is 67.1 Å². The molecule has 1 aromatic heterocycles. The Morgan fingerprint density at radius 2 is 1.92 bits per heavy atom. The lowest BCUT2D eigenvalue weighted by Gasteiger charge is -2.41. The second-order valence-corrected chi connectivity index (χ2v) is 8.09. The second-order valence-electron chi connectivity index (χ2n) is 7.65. The number of fused-ring (bicyclic) bond motifs is 2. The lowest BCUT2D eigenvalue weighted by molar-refractivity contribution is 0.120. The van der Waals surface area contributed by atoms with Crippen molar-refractivity contribution in [2.45, 2.75) is 61.9 Å². The van der Waals surface area contributed by atoms with Crippen LogP contribution < -0.4 is 0 Å². The van der Waals surface area contributed by atoms with E-state index in [2.05, 4.69) is 29.2 Å². The fourth-order valence-electron chi connectivity index (χ4n) is 4.75. The molecule has 2 bridgehead atoms. The van der Waals surface area contributed by atoms with Crippen LogP contribution in [0.2, 0.25) is 5.02 Å². The molecule has 4 nitrogen and oxygen atoms in total. The minimum absolute atomic E-state index is 0.287. The van der Waals surface area contributed by atoms with E-state index in [4.69, 9.17) is 21.1 Å². The van der Waals surface area contributed by atoms with E-state index in [0.29, 0.717) is 23.9 Å². The van der Waals surface area contributed by atoms with Gasteiger partial charge >= 0.3 is 0 Å². The third-order valence-corrected chi connectivity index (χ3v) is 6.50. The largest absolute Gasteiger partial charge is 0.339 e. The van der Waals surface area contributed by atoms with Gasteiger partial charge in [0.1, 0.15) is 0 Å². The lowest BCUT2D eigenvalue weighted by Crippen LogP contribution is -2.44. The van der Waals surface area contributed by atoms with Gasteiger partial charge in [-0.15, -0.1) is 0 Å². The van der Waals surface area contributed by atoms with Gasteiger partial charge in [0.15, 0.2) is 5.82 Å². The molecule has 0 radical (unpaired) electrons. The van der Waals surface area contributed by atoms with Crippen LogP contribution in [0.4, 0.5) is 0 Å². The Morgan fingerprint density at radius 1 is 1.12 bits per heavy atom. The van der Waals surface area contributed by atoms with Gasteiger partial charge in [-0.25, -0.2) is 0 Å². The molecule has 126 valence electrons. The Hall–Kier alpha value is -1.39. The Bertz CT molecular complexity index is 739. The van der Waals surface area contributed by atoms with Gasteiger partial charge in [0.2, 0.25) is 5.89 Å². The van der Waals surface area contributed by atoms with Gasteiger partial charge in [-0.2, -0.15) is 4.98 Å². The monoisotopic (exact) mass is 343 g/mol. The zero-order valence-electron chi connectivity index (χ0n) is 13.9. The fraction of sp³-hybridized carbons (Fsp3) is 0.579. The number of nitrogens with zero attached hydrogens (tertiary/aromatic N) is 3. The summed E-state index contributed by atoms with van der Waals surface area (Å²) in [6, 6.07) is 9.50. The number of likely N-dealkylation sites (N-methyl/N-ethyl adjacent to an activating group) is 1. The van der Waals surface area contributed by atoms with Crippen LogP contribution in [0.25, 0.3) is 0 Å². The third-order valence-electron chi connectivity index (χ3n) is 6.25. The molecule has 1 aliphatic carbocycles. The van der Waals surface area contributed by atoms with Crippen LogP contribution in [0.15, 0.2) is 28.8 Å². The van der Waals surface area contributed by atoms with E-state index in [1.54, 1.807) is 0 Å². The van der Waals surface area contributed by atoms with Crippen LogP contribution >= 0.6 is 11.6 Å². The second kappa shape index (κ2) is 5.57. The molecule has 3 heterocycles. The van der Waals surface area contributed by atoms with Crippen molar-refractivity contribution in [3.8, 4) is 0 Å². The number of hydrogen-bond acceptors (Lipinski definition) is 4. The molecule has 0 N–H and O–H groups in total. The summed E-state index contributed by atoms with van der Waals surface area (Å²) < 4.78 is 5.77. The van der Waals surface area contributed by atoms with Crippen molar-refractivity contribution in [3.05, 3.63) is 46.6 Å². The van der Waals surface area contributed by atoms with E-state index >= 15 is 0 Å². The summed E-state index contributed by atoms with van der Waals surface area (Å²) in [7, 11) is 2.26. The smallest absolute Gasteiger partial charge is 0.231 e. The maximum Gasteiger partial charge on any atom is 0.231 e. The van der Waals surface area contributed by atoms with Crippen molar-refractivity contribution in [3.63, 3.8) is 0 Å². The molecule has 3 aliphatic rings. The average molecular weight is 344 g/mol. The summed E-state index contributed by atoms with van der Waals surface area (Å²) in [6.45, 7) is 0. The summed E-state index contributed by atoms with van der Waals surface area (Å²) in [4.78, 5) is 7.35. The average Bonchev–Trinajstić information content (AvgIpc) is 3.28. The van der Waals surface area contributed by atoms with Crippen molar-refractivity contribution in [2.24, 2.45) is 0 Å². The number of piperidine rings is 1. The van der Waals surface area contributed by atoms with Crippen LogP contribution in [-0.2, 0) is 0 Å². The standard InChI is InChI=1S/C19H22ClN3O/c1-23-14-8-9-16(23)17(19-21-18(22-24-19)12-2-3-12)15(10-14)11-4-6-13(20)7-5-11/h4-7,12,14-17H,2-3,8-10H2,1H3/t14-,15-,16?,17?/m1/s1. The van der Waals surface area contributed by atoms with Crippen molar-refractivity contribution in [1.29, 1.82) is 0 Å². The van der Waals surface area contributed by atoms with Crippen LogP contribution in [0.5, 0.6) is 0 Å². The Labute approximate surface area is 147 Å². The Morgan fingerprint density at radius 3 is 2.67 bits per heavy atom. The van der Waals surface area contributed by atoms with E-state index in [9.17, 15) is 0 Å². The topological polar surface area (TPSA) is 42.2 Å². The van der Waals surface area contributed by atoms with Crippen LogP contribution in [-0.4, -0.2) is 34.2 Å². The Balaban J connectivity index is 1.54. The fourth-order valence-corrected chi connectivity index (χ4v) is 4.87. The molecule has 2 saturated heterocycles. The molecule has 5 heteroatoms. The molecular weight excluding hydrogens is 322 g/mol. The minimum atomic E-state index is 0.287. The van der Waals surface area contributed by atoms with E-state index in [-0.39, 0.29) is 5.92 Å². The maximum atomic E-state index is 6.09. The zero-order valence-corrected chi connectivity index (χ0v) is 14.6. The molecular formula is C19H22ClN3O. The highest BCUT2D eigenvalue weighted by Gasteiger charge is 2.49. The van der Waals surface area contributed by atoms with Gasteiger partial charge in [-0.3, -0.25) is 4.90 Å². The molecule has 3 fully saturated rings. The predicted molar refractivity (Wildman–Crippen MR) is 92.4 cm³/mol. The predicted octanol–water partition coefficient (Wildman–Crippen LogP) is 4.33. The zero-order chi connectivity index (χ0) is 16.3.